The van der Waals surface area contributed by atoms with Crippen LogP contribution in [-0.2, 0) is 14.8 Å². The van der Waals surface area contributed by atoms with Crippen LogP contribution in [0.25, 0.3) is 0 Å². The maximum atomic E-state index is 13.7. The Morgan fingerprint density at radius 3 is 2.62 bits per heavy atom. The minimum Gasteiger partial charge on any atom is -0.322 e. The van der Waals surface area contributed by atoms with E-state index in [1.165, 1.54) is 42.5 Å². The monoisotopic (exact) mass is 348 g/mol. The highest BCUT2D eigenvalue weighted by atomic mass is 32.2. The van der Waals surface area contributed by atoms with Crippen molar-refractivity contribution in [1.29, 1.82) is 0 Å². The van der Waals surface area contributed by atoms with E-state index >= 15 is 0 Å². The number of carbonyl (C=O) groups is 2. The zero-order chi connectivity index (χ0) is 17.5. The van der Waals surface area contributed by atoms with E-state index in [1.54, 1.807) is 6.92 Å². The molecule has 1 aliphatic rings. The Morgan fingerprint density at radius 2 is 1.92 bits per heavy atom. The average Bonchev–Trinajstić information content (AvgIpc) is 2.72. The predicted octanol–water partition coefficient (Wildman–Crippen LogP) is 1.92. The molecule has 2 aromatic rings. The third-order valence-corrected chi connectivity index (χ3v) is 5.38. The number of hydrogen-bond donors (Lipinski definition) is 1. The quantitative estimate of drug-likeness (QED) is 0.918. The van der Waals surface area contributed by atoms with E-state index in [0.29, 0.717) is 4.31 Å². The molecule has 0 radical (unpaired) electrons. The molecule has 0 saturated heterocycles. The smallest absolute Gasteiger partial charge is 0.269 e. The van der Waals surface area contributed by atoms with Gasteiger partial charge in [0, 0.05) is 0 Å². The van der Waals surface area contributed by atoms with Crippen molar-refractivity contribution in [3.05, 3.63) is 59.4 Å². The highest BCUT2D eigenvalue weighted by molar-refractivity contribution is 7.90. The van der Waals surface area contributed by atoms with Gasteiger partial charge in [0.2, 0.25) is 5.91 Å². The van der Waals surface area contributed by atoms with Gasteiger partial charge >= 0.3 is 0 Å². The molecular formula is C16H13FN2O4S. The summed E-state index contributed by atoms with van der Waals surface area (Å²) in [7, 11) is -4.07. The molecule has 0 spiro atoms. The molecule has 0 bridgehead atoms. The van der Waals surface area contributed by atoms with Crippen molar-refractivity contribution in [2.75, 3.05) is 11.9 Å². The van der Waals surface area contributed by atoms with Crippen LogP contribution in [-0.4, -0.2) is 31.1 Å². The van der Waals surface area contributed by atoms with Gasteiger partial charge in [-0.15, -0.1) is 0 Å². The Morgan fingerprint density at radius 1 is 1.21 bits per heavy atom. The fourth-order valence-corrected chi connectivity index (χ4v) is 3.97. The largest absolute Gasteiger partial charge is 0.322 e. The topological polar surface area (TPSA) is 83.6 Å². The SMILES string of the molecule is Cc1ccc(F)c(NC(=O)CN2C(=O)c3ccccc3S2(=O)=O)c1. The van der Waals surface area contributed by atoms with Gasteiger partial charge in [-0.05, 0) is 36.8 Å². The van der Waals surface area contributed by atoms with Crippen LogP contribution in [0.2, 0.25) is 0 Å². The van der Waals surface area contributed by atoms with Gasteiger partial charge in [-0.3, -0.25) is 9.59 Å². The maximum Gasteiger partial charge on any atom is 0.269 e. The first kappa shape index (κ1) is 16.1. The van der Waals surface area contributed by atoms with Crippen LogP contribution in [0.15, 0.2) is 47.4 Å². The van der Waals surface area contributed by atoms with Gasteiger partial charge in [0.15, 0.2) is 0 Å². The molecule has 6 nitrogen and oxygen atoms in total. The van der Waals surface area contributed by atoms with Gasteiger partial charge in [0.05, 0.1) is 11.3 Å². The van der Waals surface area contributed by atoms with Gasteiger partial charge in [0.1, 0.15) is 17.3 Å². The van der Waals surface area contributed by atoms with Crippen molar-refractivity contribution in [3.63, 3.8) is 0 Å². The predicted molar refractivity (Wildman–Crippen MR) is 84.4 cm³/mol. The summed E-state index contributed by atoms with van der Waals surface area (Å²) in [4.78, 5) is 24.2. The second kappa shape index (κ2) is 5.72. The third-order valence-electron chi connectivity index (χ3n) is 3.60. The maximum absolute atomic E-state index is 13.7. The number of sulfonamides is 1. The number of nitrogens with zero attached hydrogens (tertiary/aromatic N) is 1. The Kier molecular flexibility index (Phi) is 3.84. The molecule has 0 aromatic heterocycles. The van der Waals surface area contributed by atoms with Gasteiger partial charge in [-0.2, -0.15) is 0 Å². The number of rotatable bonds is 3. The zero-order valence-electron chi connectivity index (χ0n) is 12.6. The van der Waals surface area contributed by atoms with Crippen LogP contribution in [0.4, 0.5) is 10.1 Å². The van der Waals surface area contributed by atoms with Crippen molar-refractivity contribution in [1.82, 2.24) is 4.31 Å². The van der Waals surface area contributed by atoms with E-state index in [0.717, 1.165) is 5.56 Å². The lowest BCUT2D eigenvalue weighted by Gasteiger charge is -2.15. The number of benzene rings is 2. The minimum atomic E-state index is -4.07. The molecule has 0 aliphatic carbocycles. The van der Waals surface area contributed by atoms with Gasteiger partial charge in [-0.25, -0.2) is 17.1 Å². The molecular weight excluding hydrogens is 335 g/mol. The second-order valence-electron chi connectivity index (χ2n) is 5.34. The summed E-state index contributed by atoms with van der Waals surface area (Å²) in [5.74, 6) is -2.22. The van der Waals surface area contributed by atoms with Crippen LogP contribution >= 0.6 is 0 Å². The van der Waals surface area contributed by atoms with E-state index in [4.69, 9.17) is 0 Å². The van der Waals surface area contributed by atoms with Crippen molar-refractivity contribution in [3.8, 4) is 0 Å². The summed E-state index contributed by atoms with van der Waals surface area (Å²) in [5, 5.41) is 2.29. The third kappa shape index (κ3) is 2.65. The van der Waals surface area contributed by atoms with Crippen molar-refractivity contribution in [2.24, 2.45) is 0 Å². The lowest BCUT2D eigenvalue weighted by atomic mass is 10.2. The van der Waals surface area contributed by atoms with Crippen molar-refractivity contribution < 1.29 is 22.4 Å². The Bertz CT molecular complexity index is 956. The second-order valence-corrected chi connectivity index (χ2v) is 7.18. The van der Waals surface area contributed by atoms with E-state index in [-0.39, 0.29) is 16.1 Å². The lowest BCUT2D eigenvalue weighted by Crippen LogP contribution is -2.37. The first-order valence-electron chi connectivity index (χ1n) is 7.03. The molecule has 0 unspecified atom stereocenters. The minimum absolute atomic E-state index is 0.0204. The number of fused-ring (bicyclic) bond motifs is 1. The molecule has 2 aromatic carbocycles. The zero-order valence-corrected chi connectivity index (χ0v) is 13.4. The molecule has 2 amide bonds. The average molecular weight is 348 g/mol. The number of anilines is 1. The van der Waals surface area contributed by atoms with Crippen LogP contribution in [0.1, 0.15) is 15.9 Å². The molecule has 124 valence electrons. The van der Waals surface area contributed by atoms with Crippen LogP contribution in [0.3, 0.4) is 0 Å². The number of amides is 2. The van der Waals surface area contributed by atoms with E-state index in [9.17, 15) is 22.4 Å². The Balaban J connectivity index is 1.83. The summed E-state index contributed by atoms with van der Waals surface area (Å²) >= 11 is 0. The highest BCUT2D eigenvalue weighted by Crippen LogP contribution is 2.29. The number of carbonyl (C=O) groups excluding carboxylic acids is 2. The Hall–Kier alpha value is -2.74. The first-order chi connectivity index (χ1) is 11.3. The van der Waals surface area contributed by atoms with Crippen LogP contribution in [0, 0.1) is 12.7 Å². The summed E-state index contributed by atoms with van der Waals surface area (Å²) in [6, 6.07) is 9.87. The molecule has 0 fully saturated rings. The van der Waals surface area contributed by atoms with Gasteiger partial charge in [0.25, 0.3) is 15.9 Å². The van der Waals surface area contributed by atoms with Gasteiger partial charge in [-0.1, -0.05) is 18.2 Å². The molecule has 1 heterocycles. The number of aryl methyl sites for hydroxylation is 1. The molecule has 3 rings (SSSR count). The summed E-state index contributed by atoms with van der Waals surface area (Å²) in [5.41, 5.74) is 0.678. The molecule has 8 heteroatoms. The highest BCUT2D eigenvalue weighted by Gasteiger charge is 2.41. The standard InChI is InChI=1S/C16H13FN2O4S/c1-10-6-7-12(17)13(8-10)18-15(20)9-19-16(21)11-4-2-3-5-14(11)24(19,22)23/h2-8H,9H2,1H3,(H,18,20). The normalized spacial score (nSPS) is 15.2. The number of hydrogen-bond acceptors (Lipinski definition) is 4. The number of nitrogens with one attached hydrogen (secondary N) is 1. The van der Waals surface area contributed by atoms with E-state index in [1.807, 2.05) is 0 Å². The number of halogens is 1. The molecule has 1 N–H and O–H groups in total. The van der Waals surface area contributed by atoms with Gasteiger partial charge < -0.3 is 5.32 Å². The van der Waals surface area contributed by atoms with Crippen LogP contribution < -0.4 is 5.32 Å². The molecule has 24 heavy (non-hydrogen) atoms. The fourth-order valence-electron chi connectivity index (χ4n) is 2.44. The summed E-state index contributed by atoms with van der Waals surface area (Å²) in [6.45, 7) is 1.00. The Labute approximate surface area is 138 Å². The molecule has 1 aliphatic heterocycles. The fraction of sp³-hybridized carbons (Fsp3) is 0.125. The van der Waals surface area contributed by atoms with Crippen molar-refractivity contribution in [2.45, 2.75) is 11.8 Å². The summed E-state index contributed by atoms with van der Waals surface area (Å²) < 4.78 is 38.9. The first-order valence-corrected chi connectivity index (χ1v) is 8.47. The molecule has 0 saturated carbocycles. The molecule has 0 atom stereocenters. The summed E-state index contributed by atoms with van der Waals surface area (Å²) in [6.07, 6.45) is 0. The van der Waals surface area contributed by atoms with E-state index in [2.05, 4.69) is 5.32 Å². The lowest BCUT2D eigenvalue weighted by molar-refractivity contribution is -0.116. The van der Waals surface area contributed by atoms with Crippen molar-refractivity contribution >= 4 is 27.5 Å². The van der Waals surface area contributed by atoms with E-state index < -0.39 is 34.2 Å². The van der Waals surface area contributed by atoms with Crippen LogP contribution in [0.5, 0.6) is 0 Å².